The van der Waals surface area contributed by atoms with Crippen LogP contribution >= 0.6 is 0 Å². The third-order valence-corrected chi connectivity index (χ3v) is 3.85. The van der Waals surface area contributed by atoms with Gasteiger partial charge in [0.05, 0.1) is 10.9 Å². The number of fused-ring (bicyclic) bond motifs is 1. The lowest BCUT2D eigenvalue weighted by molar-refractivity contribution is 0.0695. The molecular weight excluding hydrogens is 280 g/mol. The van der Waals surface area contributed by atoms with Crippen molar-refractivity contribution in [3.05, 3.63) is 45.2 Å². The van der Waals surface area contributed by atoms with E-state index in [4.69, 9.17) is 5.11 Å². The molecule has 0 amide bonds. The fourth-order valence-corrected chi connectivity index (χ4v) is 2.65. The molecular formula is C15H13F2NO3. The van der Waals surface area contributed by atoms with Crippen LogP contribution in [-0.4, -0.2) is 15.6 Å². The minimum atomic E-state index is -1.41. The molecule has 0 radical (unpaired) electrons. The Bertz CT molecular complexity index is 822. The lowest BCUT2D eigenvalue weighted by Crippen LogP contribution is -2.20. The van der Waals surface area contributed by atoms with Crippen LogP contribution in [-0.2, 0) is 6.54 Å². The third-order valence-electron chi connectivity index (χ3n) is 3.85. The highest BCUT2D eigenvalue weighted by Gasteiger charge is 2.32. The Balaban J connectivity index is 2.46. The van der Waals surface area contributed by atoms with E-state index in [-0.39, 0.29) is 28.9 Å². The van der Waals surface area contributed by atoms with Crippen molar-refractivity contribution in [3.8, 4) is 0 Å². The summed E-state index contributed by atoms with van der Waals surface area (Å²) < 4.78 is 30.1. The molecule has 3 rings (SSSR count). The van der Waals surface area contributed by atoms with Gasteiger partial charge in [-0.1, -0.05) is 0 Å². The van der Waals surface area contributed by atoms with Gasteiger partial charge in [-0.3, -0.25) is 4.79 Å². The Morgan fingerprint density at radius 3 is 2.62 bits per heavy atom. The maximum atomic E-state index is 14.6. The third kappa shape index (κ3) is 2.02. The number of nitrogens with zero attached hydrogens (tertiary/aromatic N) is 1. The predicted molar refractivity (Wildman–Crippen MR) is 72.7 cm³/mol. The number of aryl methyl sites for hydroxylation is 1. The molecule has 1 N–H and O–H groups in total. The van der Waals surface area contributed by atoms with Crippen molar-refractivity contribution in [1.29, 1.82) is 0 Å². The van der Waals surface area contributed by atoms with E-state index in [0.29, 0.717) is 0 Å². The van der Waals surface area contributed by atoms with Gasteiger partial charge < -0.3 is 9.67 Å². The van der Waals surface area contributed by atoms with Crippen molar-refractivity contribution in [2.75, 3.05) is 0 Å². The van der Waals surface area contributed by atoms with Crippen LogP contribution in [0.1, 0.15) is 41.6 Å². The van der Waals surface area contributed by atoms with Crippen molar-refractivity contribution in [2.45, 2.75) is 32.2 Å². The molecule has 0 spiro atoms. The first kappa shape index (κ1) is 13.7. The molecule has 1 fully saturated rings. The van der Waals surface area contributed by atoms with Gasteiger partial charge in [0.25, 0.3) is 0 Å². The first-order valence-corrected chi connectivity index (χ1v) is 6.74. The zero-order valence-corrected chi connectivity index (χ0v) is 11.3. The van der Waals surface area contributed by atoms with E-state index in [1.54, 1.807) is 6.92 Å². The molecule has 0 unspecified atom stereocenters. The molecule has 1 heterocycles. The van der Waals surface area contributed by atoms with E-state index in [1.165, 1.54) is 4.57 Å². The number of hydrogen-bond acceptors (Lipinski definition) is 2. The van der Waals surface area contributed by atoms with Gasteiger partial charge in [-0.2, -0.15) is 0 Å². The molecule has 6 heteroatoms. The zero-order chi connectivity index (χ0) is 15.3. The highest BCUT2D eigenvalue weighted by atomic mass is 19.1. The average molecular weight is 293 g/mol. The van der Waals surface area contributed by atoms with Crippen LogP contribution in [0.15, 0.2) is 17.1 Å². The molecule has 1 aromatic heterocycles. The van der Waals surface area contributed by atoms with E-state index in [0.717, 1.165) is 25.1 Å². The Labute approximate surface area is 118 Å². The summed E-state index contributed by atoms with van der Waals surface area (Å²) in [6, 6.07) is 0.965. The van der Waals surface area contributed by atoms with Gasteiger partial charge in [-0.05, 0) is 31.7 Å². The summed E-state index contributed by atoms with van der Waals surface area (Å²) in [6.07, 6.45) is 2.57. The molecule has 1 saturated carbocycles. The fourth-order valence-electron chi connectivity index (χ4n) is 2.65. The number of aromatic carboxylic acids is 1. The standard InChI is InChI=1S/C15H13F2NO3/c1-2-18-6-9(15(20)21)14(19)8-5-10(16)11(7-3-4-7)12(17)13(8)18/h5-7H,2-4H2,1H3,(H,20,21). The number of benzene rings is 1. The molecule has 1 aliphatic rings. The molecule has 4 nitrogen and oxygen atoms in total. The smallest absolute Gasteiger partial charge is 0.341 e. The summed E-state index contributed by atoms with van der Waals surface area (Å²) in [5.74, 6) is -3.07. The van der Waals surface area contributed by atoms with Gasteiger partial charge in [0.15, 0.2) is 5.82 Å². The summed E-state index contributed by atoms with van der Waals surface area (Å²) in [5, 5.41) is 8.81. The minimum Gasteiger partial charge on any atom is -0.477 e. The van der Waals surface area contributed by atoms with Crippen molar-refractivity contribution in [1.82, 2.24) is 4.57 Å². The molecule has 1 aromatic carbocycles. The van der Waals surface area contributed by atoms with Crippen molar-refractivity contribution in [3.63, 3.8) is 0 Å². The molecule has 110 valence electrons. The number of pyridine rings is 1. The summed E-state index contributed by atoms with van der Waals surface area (Å²) in [4.78, 5) is 23.2. The number of carboxylic acids is 1. The monoisotopic (exact) mass is 293 g/mol. The molecule has 0 aliphatic heterocycles. The summed E-state index contributed by atoms with van der Waals surface area (Å²) in [6.45, 7) is 1.98. The highest BCUT2D eigenvalue weighted by molar-refractivity contribution is 5.93. The second-order valence-corrected chi connectivity index (χ2v) is 5.22. The second kappa shape index (κ2) is 4.65. The van der Waals surface area contributed by atoms with Crippen LogP contribution in [0.2, 0.25) is 0 Å². The molecule has 21 heavy (non-hydrogen) atoms. The van der Waals surface area contributed by atoms with Gasteiger partial charge in [-0.25, -0.2) is 13.6 Å². The van der Waals surface area contributed by atoms with E-state index in [9.17, 15) is 18.4 Å². The Hall–Kier alpha value is -2.24. The van der Waals surface area contributed by atoms with Gasteiger partial charge >= 0.3 is 5.97 Å². The molecule has 2 aromatic rings. The van der Waals surface area contributed by atoms with Crippen LogP contribution in [0.25, 0.3) is 10.9 Å². The van der Waals surface area contributed by atoms with Crippen molar-refractivity contribution in [2.24, 2.45) is 0 Å². The van der Waals surface area contributed by atoms with Gasteiger partial charge in [0.1, 0.15) is 11.4 Å². The Morgan fingerprint density at radius 1 is 1.43 bits per heavy atom. The summed E-state index contributed by atoms with van der Waals surface area (Å²) in [7, 11) is 0. The fraction of sp³-hybridized carbons (Fsp3) is 0.333. The van der Waals surface area contributed by atoms with E-state index in [1.807, 2.05) is 0 Å². The number of aromatic nitrogens is 1. The molecule has 0 atom stereocenters. The van der Waals surface area contributed by atoms with Gasteiger partial charge in [0.2, 0.25) is 5.43 Å². The second-order valence-electron chi connectivity index (χ2n) is 5.22. The molecule has 1 aliphatic carbocycles. The largest absolute Gasteiger partial charge is 0.477 e. The number of carboxylic acid groups (broad SMARTS) is 1. The summed E-state index contributed by atoms with van der Waals surface area (Å²) in [5.41, 5.74) is -1.35. The van der Waals surface area contributed by atoms with Crippen LogP contribution in [0.4, 0.5) is 8.78 Å². The predicted octanol–water partition coefficient (Wildman–Crippen LogP) is 2.88. The number of carbonyl (C=O) groups is 1. The van der Waals surface area contributed by atoms with Crippen molar-refractivity contribution < 1.29 is 18.7 Å². The molecule has 0 bridgehead atoms. The lowest BCUT2D eigenvalue weighted by atomic mass is 10.0. The number of rotatable bonds is 3. The zero-order valence-electron chi connectivity index (χ0n) is 11.3. The number of halogens is 2. The topological polar surface area (TPSA) is 59.3 Å². The maximum Gasteiger partial charge on any atom is 0.341 e. The first-order valence-electron chi connectivity index (χ1n) is 6.74. The van der Waals surface area contributed by atoms with Crippen LogP contribution < -0.4 is 5.43 Å². The minimum absolute atomic E-state index is 0.00664. The SMILES string of the molecule is CCn1cc(C(=O)O)c(=O)c2cc(F)c(C3CC3)c(F)c21. The van der Waals surface area contributed by atoms with Crippen molar-refractivity contribution >= 4 is 16.9 Å². The Kier molecular flexibility index (Phi) is 3.04. The Morgan fingerprint density at radius 2 is 2.10 bits per heavy atom. The van der Waals surface area contributed by atoms with E-state index in [2.05, 4.69) is 0 Å². The normalized spacial score (nSPS) is 14.6. The van der Waals surface area contributed by atoms with Gasteiger partial charge in [0, 0.05) is 18.3 Å². The quantitative estimate of drug-likeness (QED) is 0.946. The van der Waals surface area contributed by atoms with Crippen LogP contribution in [0.5, 0.6) is 0 Å². The average Bonchev–Trinajstić information content (AvgIpc) is 3.24. The summed E-state index contributed by atoms with van der Waals surface area (Å²) >= 11 is 0. The highest BCUT2D eigenvalue weighted by Crippen LogP contribution is 2.43. The lowest BCUT2D eigenvalue weighted by Gasteiger charge is -2.14. The van der Waals surface area contributed by atoms with E-state index >= 15 is 0 Å². The number of hydrogen-bond donors (Lipinski definition) is 1. The maximum absolute atomic E-state index is 14.6. The van der Waals surface area contributed by atoms with Crippen LogP contribution in [0, 0.1) is 11.6 Å². The van der Waals surface area contributed by atoms with Crippen LogP contribution in [0.3, 0.4) is 0 Å². The first-order chi connectivity index (χ1) is 9.95. The van der Waals surface area contributed by atoms with E-state index < -0.39 is 28.6 Å². The van der Waals surface area contributed by atoms with Gasteiger partial charge in [-0.15, -0.1) is 0 Å². The molecule has 0 saturated heterocycles.